The van der Waals surface area contributed by atoms with Gasteiger partial charge >= 0.3 is 6.18 Å². The molecule has 0 aliphatic carbocycles. The molecule has 6 heteroatoms. The average molecular weight is 219 g/mol. The van der Waals surface area contributed by atoms with Gasteiger partial charge in [0.1, 0.15) is 11.6 Å². The van der Waals surface area contributed by atoms with Crippen molar-refractivity contribution in [3.8, 4) is 0 Å². The van der Waals surface area contributed by atoms with Gasteiger partial charge in [0.05, 0.1) is 6.42 Å². The van der Waals surface area contributed by atoms with Crippen LogP contribution in [0.3, 0.4) is 0 Å². The van der Waals surface area contributed by atoms with Crippen LogP contribution in [0.4, 0.5) is 19.0 Å². The zero-order chi connectivity index (χ0) is 11.5. The second-order valence-corrected chi connectivity index (χ2v) is 3.17. The molecule has 1 rings (SSSR count). The summed E-state index contributed by atoms with van der Waals surface area (Å²) in [5.74, 6) is 0.378. The summed E-state index contributed by atoms with van der Waals surface area (Å²) >= 11 is 0. The Kier molecular flexibility index (Phi) is 3.49. The van der Waals surface area contributed by atoms with Crippen molar-refractivity contribution in [3.63, 3.8) is 0 Å². The summed E-state index contributed by atoms with van der Waals surface area (Å²) in [4.78, 5) is 7.72. The number of hydrogen-bond donors (Lipinski definition) is 1. The van der Waals surface area contributed by atoms with Gasteiger partial charge in [0.2, 0.25) is 0 Å². The molecule has 1 heterocycles. The number of anilines is 1. The minimum absolute atomic E-state index is 0.157. The number of nitrogens with zero attached hydrogens (tertiary/aromatic N) is 2. The highest BCUT2D eigenvalue weighted by molar-refractivity contribution is 5.29. The predicted octanol–water partition coefficient (Wildman–Crippen LogP) is 2.12. The Bertz CT molecular complexity index is 336. The lowest BCUT2D eigenvalue weighted by molar-refractivity contribution is -0.134. The zero-order valence-corrected chi connectivity index (χ0v) is 8.30. The lowest BCUT2D eigenvalue weighted by atomic mass is 10.2. The molecule has 15 heavy (non-hydrogen) atoms. The summed E-state index contributed by atoms with van der Waals surface area (Å²) in [6.45, 7) is 1.86. The molecule has 0 bridgehead atoms. The molecule has 0 amide bonds. The van der Waals surface area contributed by atoms with Crippen molar-refractivity contribution in [1.82, 2.24) is 9.97 Å². The van der Waals surface area contributed by atoms with E-state index in [0.29, 0.717) is 12.1 Å². The average Bonchev–Trinajstić information content (AvgIpc) is 2.13. The number of rotatable bonds is 3. The van der Waals surface area contributed by atoms with Gasteiger partial charge in [-0.15, -0.1) is 0 Å². The van der Waals surface area contributed by atoms with Gasteiger partial charge in [-0.3, -0.25) is 0 Å². The summed E-state index contributed by atoms with van der Waals surface area (Å²) in [6.07, 6.45) is -4.69. The Hall–Kier alpha value is -1.33. The van der Waals surface area contributed by atoms with Gasteiger partial charge in [-0.2, -0.15) is 13.2 Å². The van der Waals surface area contributed by atoms with Crippen molar-refractivity contribution in [2.75, 3.05) is 5.73 Å². The molecule has 0 aliphatic rings. The number of aryl methyl sites for hydroxylation is 2. The highest BCUT2D eigenvalue weighted by Gasteiger charge is 2.27. The molecule has 2 N–H and O–H groups in total. The van der Waals surface area contributed by atoms with E-state index in [1.807, 2.05) is 6.92 Å². The van der Waals surface area contributed by atoms with E-state index in [0.717, 1.165) is 0 Å². The molecular weight excluding hydrogens is 207 g/mol. The van der Waals surface area contributed by atoms with Crippen LogP contribution in [0.2, 0.25) is 0 Å². The zero-order valence-electron chi connectivity index (χ0n) is 8.30. The molecule has 1 aromatic rings. The van der Waals surface area contributed by atoms with E-state index in [9.17, 15) is 13.2 Å². The first-order valence-electron chi connectivity index (χ1n) is 4.60. The van der Waals surface area contributed by atoms with Crippen molar-refractivity contribution in [3.05, 3.63) is 17.6 Å². The monoisotopic (exact) mass is 219 g/mol. The lowest BCUT2D eigenvalue weighted by Gasteiger charge is -2.06. The fourth-order valence-electron chi connectivity index (χ4n) is 1.12. The Morgan fingerprint density at radius 3 is 2.53 bits per heavy atom. The van der Waals surface area contributed by atoms with Gasteiger partial charge < -0.3 is 5.73 Å². The number of nitrogens with two attached hydrogens (primary N) is 1. The molecule has 0 aliphatic heterocycles. The van der Waals surface area contributed by atoms with Crippen molar-refractivity contribution < 1.29 is 13.2 Å². The van der Waals surface area contributed by atoms with E-state index in [2.05, 4.69) is 9.97 Å². The first-order chi connectivity index (χ1) is 6.90. The largest absolute Gasteiger partial charge is 0.389 e. The van der Waals surface area contributed by atoms with Gasteiger partial charge in [-0.25, -0.2) is 9.97 Å². The van der Waals surface area contributed by atoms with Gasteiger partial charge in [-0.05, 0) is 6.42 Å². The Labute approximate surface area is 85.5 Å². The van der Waals surface area contributed by atoms with E-state index in [-0.39, 0.29) is 18.1 Å². The number of aromatic nitrogens is 2. The second-order valence-electron chi connectivity index (χ2n) is 3.17. The summed E-state index contributed by atoms with van der Waals surface area (Å²) in [5.41, 5.74) is 6.11. The third-order valence-electron chi connectivity index (χ3n) is 1.84. The number of alkyl halides is 3. The third-order valence-corrected chi connectivity index (χ3v) is 1.84. The van der Waals surface area contributed by atoms with Crippen LogP contribution in [0, 0.1) is 0 Å². The third kappa shape index (κ3) is 4.14. The van der Waals surface area contributed by atoms with E-state index < -0.39 is 12.6 Å². The Morgan fingerprint density at radius 2 is 2.00 bits per heavy atom. The van der Waals surface area contributed by atoms with E-state index in [1.54, 1.807) is 6.07 Å². The maximum atomic E-state index is 11.9. The predicted molar refractivity (Wildman–Crippen MR) is 50.2 cm³/mol. The highest BCUT2D eigenvalue weighted by Crippen LogP contribution is 2.21. The van der Waals surface area contributed by atoms with Crippen molar-refractivity contribution in [2.45, 2.75) is 32.4 Å². The molecule has 0 aromatic carbocycles. The molecule has 0 spiro atoms. The summed E-state index contributed by atoms with van der Waals surface area (Å²) in [5, 5.41) is 0. The lowest BCUT2D eigenvalue weighted by Crippen LogP contribution is -2.11. The Balaban J connectivity index is 2.73. The molecule has 0 unspecified atom stereocenters. The number of nitrogen functional groups attached to an aromatic ring is 1. The second kappa shape index (κ2) is 4.46. The van der Waals surface area contributed by atoms with Gasteiger partial charge in [0.15, 0.2) is 0 Å². The Morgan fingerprint density at radius 1 is 1.33 bits per heavy atom. The van der Waals surface area contributed by atoms with Crippen LogP contribution in [0.5, 0.6) is 0 Å². The highest BCUT2D eigenvalue weighted by atomic mass is 19.4. The molecule has 3 nitrogen and oxygen atoms in total. The number of hydrogen-bond acceptors (Lipinski definition) is 3. The molecule has 0 saturated heterocycles. The van der Waals surface area contributed by atoms with E-state index in [1.165, 1.54) is 0 Å². The van der Waals surface area contributed by atoms with Crippen molar-refractivity contribution in [2.24, 2.45) is 0 Å². The van der Waals surface area contributed by atoms with Crippen LogP contribution >= 0.6 is 0 Å². The fourth-order valence-corrected chi connectivity index (χ4v) is 1.12. The smallest absolute Gasteiger partial charge is 0.384 e. The molecule has 0 fully saturated rings. The van der Waals surface area contributed by atoms with Crippen molar-refractivity contribution in [1.29, 1.82) is 0 Å². The van der Waals surface area contributed by atoms with Gasteiger partial charge in [-0.1, -0.05) is 6.92 Å². The normalized spacial score (nSPS) is 11.7. The minimum atomic E-state index is -4.18. The van der Waals surface area contributed by atoms with Crippen molar-refractivity contribution >= 4 is 5.82 Å². The standard InChI is InChI=1S/C9H12F3N3/c1-2-6-5-7(13)15-8(14-6)3-4-9(10,11)12/h5H,2-4H2,1H3,(H2,13,14,15). The van der Waals surface area contributed by atoms with E-state index >= 15 is 0 Å². The quantitative estimate of drug-likeness (QED) is 0.847. The number of halogens is 3. The summed E-state index contributed by atoms with van der Waals surface area (Å²) in [6, 6.07) is 1.57. The van der Waals surface area contributed by atoms with Crippen LogP contribution in [0.15, 0.2) is 6.07 Å². The molecular formula is C9H12F3N3. The van der Waals surface area contributed by atoms with Crippen LogP contribution in [-0.4, -0.2) is 16.1 Å². The maximum Gasteiger partial charge on any atom is 0.389 e. The van der Waals surface area contributed by atoms with Crippen LogP contribution < -0.4 is 5.73 Å². The molecule has 84 valence electrons. The van der Waals surface area contributed by atoms with Crippen LogP contribution in [-0.2, 0) is 12.8 Å². The van der Waals surface area contributed by atoms with Crippen LogP contribution in [0.25, 0.3) is 0 Å². The topological polar surface area (TPSA) is 51.8 Å². The molecule has 0 radical (unpaired) electrons. The maximum absolute atomic E-state index is 11.9. The first-order valence-corrected chi connectivity index (χ1v) is 4.60. The summed E-state index contributed by atoms with van der Waals surface area (Å²) < 4.78 is 35.8. The fraction of sp³-hybridized carbons (Fsp3) is 0.556. The molecule has 1 aromatic heterocycles. The summed E-state index contributed by atoms with van der Waals surface area (Å²) in [7, 11) is 0. The molecule has 0 atom stereocenters. The van der Waals surface area contributed by atoms with Gasteiger partial charge in [0, 0.05) is 18.2 Å². The molecule has 0 saturated carbocycles. The van der Waals surface area contributed by atoms with E-state index in [4.69, 9.17) is 5.73 Å². The van der Waals surface area contributed by atoms with Gasteiger partial charge in [0.25, 0.3) is 0 Å². The minimum Gasteiger partial charge on any atom is -0.384 e. The SMILES string of the molecule is CCc1cc(N)nc(CCC(F)(F)F)n1. The van der Waals surface area contributed by atoms with Crippen LogP contribution in [0.1, 0.15) is 24.9 Å². The first kappa shape index (κ1) is 11.7.